The predicted molar refractivity (Wildman–Crippen MR) is 64.3 cm³/mol. The van der Waals surface area contributed by atoms with Crippen molar-refractivity contribution in [3.8, 4) is 5.75 Å². The molecule has 1 aromatic carbocycles. The third kappa shape index (κ3) is 3.21. The fourth-order valence-corrected chi connectivity index (χ4v) is 1.62. The number of rotatable bonds is 3. The van der Waals surface area contributed by atoms with Crippen molar-refractivity contribution in [2.75, 3.05) is 25.1 Å². The first-order valence-corrected chi connectivity index (χ1v) is 5.64. The van der Waals surface area contributed by atoms with Gasteiger partial charge in [0.2, 0.25) is 0 Å². The van der Waals surface area contributed by atoms with Crippen LogP contribution >= 0.6 is 0 Å². The normalized spacial score (nSPS) is 18.8. The molecule has 0 saturated carbocycles. The Morgan fingerprint density at radius 1 is 1.32 bits per heavy atom. The van der Waals surface area contributed by atoms with Crippen molar-refractivity contribution >= 4 is 17.6 Å². The number of anilines is 1. The molecule has 2 rings (SSSR count). The number of carbonyl (C=O) groups excluding carboxylic acids is 1. The maximum atomic E-state index is 11.8. The highest BCUT2D eigenvalue weighted by atomic mass is 16.6. The number of carboxylic acids is 1. The fraction of sp³-hybridized carbons (Fsp3) is 0.333. The van der Waals surface area contributed by atoms with Gasteiger partial charge in [0, 0.05) is 0 Å². The molecule has 7 heteroatoms. The Bertz CT molecular complexity index is 495. The van der Waals surface area contributed by atoms with Crippen LogP contribution in [0, 0.1) is 0 Å². The van der Waals surface area contributed by atoms with E-state index >= 15 is 0 Å². The summed E-state index contributed by atoms with van der Waals surface area (Å²) in [5, 5.41) is 20.8. The lowest BCUT2D eigenvalue weighted by Gasteiger charge is -2.22. The molecule has 0 spiro atoms. The third-order valence-electron chi connectivity index (χ3n) is 2.61. The zero-order valence-electron chi connectivity index (χ0n) is 9.96. The summed E-state index contributed by atoms with van der Waals surface area (Å²) in [6, 6.07) is 3.67. The number of aromatic hydroxyl groups is 1. The molecule has 19 heavy (non-hydrogen) atoms. The van der Waals surface area contributed by atoms with Crippen molar-refractivity contribution in [2.24, 2.45) is 0 Å². The Morgan fingerprint density at radius 2 is 2.11 bits per heavy atom. The molecule has 1 aromatic rings. The molecule has 0 radical (unpaired) electrons. The number of nitrogens with one attached hydrogen (secondary N) is 1. The lowest BCUT2D eigenvalue weighted by Crippen LogP contribution is -2.39. The molecular weight excluding hydrogens is 254 g/mol. The number of hydrogen-bond acceptors (Lipinski definition) is 5. The number of hydrogen-bond donors (Lipinski definition) is 3. The van der Waals surface area contributed by atoms with Crippen molar-refractivity contribution in [3.05, 3.63) is 23.8 Å². The summed E-state index contributed by atoms with van der Waals surface area (Å²) in [4.78, 5) is 22.5. The van der Waals surface area contributed by atoms with E-state index in [0.717, 1.165) is 6.07 Å². The van der Waals surface area contributed by atoms with Gasteiger partial charge in [0.15, 0.2) is 6.10 Å². The monoisotopic (exact) mass is 267 g/mol. The minimum absolute atomic E-state index is 0.0623. The van der Waals surface area contributed by atoms with E-state index in [1.807, 2.05) is 0 Å². The van der Waals surface area contributed by atoms with Crippen molar-refractivity contribution < 1.29 is 29.3 Å². The molecule has 1 amide bonds. The topological polar surface area (TPSA) is 105 Å². The van der Waals surface area contributed by atoms with E-state index in [0.29, 0.717) is 13.2 Å². The van der Waals surface area contributed by atoms with Gasteiger partial charge in [-0.05, 0) is 18.2 Å². The van der Waals surface area contributed by atoms with Crippen LogP contribution in [0.3, 0.4) is 0 Å². The maximum absolute atomic E-state index is 11.8. The standard InChI is InChI=1S/C12H13NO6/c14-9-5-7(12(16)17)1-2-8(9)13-11(15)10-6-18-3-4-19-10/h1-2,5,10,14H,3-4,6H2,(H,13,15)(H,16,17). The predicted octanol–water partition coefficient (Wildman–Crippen LogP) is 0.444. The van der Waals surface area contributed by atoms with Gasteiger partial charge in [-0.25, -0.2) is 4.79 Å². The zero-order valence-corrected chi connectivity index (χ0v) is 9.96. The minimum Gasteiger partial charge on any atom is -0.506 e. The Labute approximate surface area is 108 Å². The summed E-state index contributed by atoms with van der Waals surface area (Å²) in [5.74, 6) is -1.92. The maximum Gasteiger partial charge on any atom is 0.335 e. The summed E-state index contributed by atoms with van der Waals surface area (Å²) in [6.07, 6.45) is -0.729. The van der Waals surface area contributed by atoms with Gasteiger partial charge in [0.25, 0.3) is 5.91 Å². The molecule has 1 aliphatic rings. The van der Waals surface area contributed by atoms with Gasteiger partial charge in [-0.2, -0.15) is 0 Å². The molecule has 1 fully saturated rings. The highest BCUT2D eigenvalue weighted by Crippen LogP contribution is 2.24. The number of carbonyl (C=O) groups is 2. The summed E-state index contributed by atoms with van der Waals surface area (Å²) in [7, 11) is 0. The van der Waals surface area contributed by atoms with Gasteiger partial charge in [0.05, 0.1) is 31.1 Å². The van der Waals surface area contributed by atoms with Crippen LogP contribution in [0.5, 0.6) is 5.75 Å². The molecule has 102 valence electrons. The van der Waals surface area contributed by atoms with E-state index in [1.165, 1.54) is 12.1 Å². The summed E-state index contributed by atoms with van der Waals surface area (Å²) in [6.45, 7) is 0.935. The lowest BCUT2D eigenvalue weighted by atomic mass is 10.2. The first-order chi connectivity index (χ1) is 9.08. The largest absolute Gasteiger partial charge is 0.506 e. The van der Waals surface area contributed by atoms with Crippen LogP contribution in [0.25, 0.3) is 0 Å². The summed E-state index contributed by atoms with van der Waals surface area (Å²) >= 11 is 0. The number of phenols is 1. The van der Waals surface area contributed by atoms with E-state index in [4.69, 9.17) is 14.6 Å². The highest BCUT2D eigenvalue weighted by Gasteiger charge is 2.23. The van der Waals surface area contributed by atoms with Crippen molar-refractivity contribution in [1.82, 2.24) is 0 Å². The number of phenolic OH excluding ortho intramolecular Hbond substituents is 1. The van der Waals surface area contributed by atoms with Crippen LogP contribution in [0.1, 0.15) is 10.4 Å². The quantitative estimate of drug-likeness (QED) is 0.686. The highest BCUT2D eigenvalue weighted by molar-refractivity contribution is 5.96. The number of carboxylic acid groups (broad SMARTS) is 1. The average Bonchev–Trinajstić information content (AvgIpc) is 2.41. The molecule has 1 atom stereocenters. The number of amides is 1. The van der Waals surface area contributed by atoms with Crippen LogP contribution in [0.4, 0.5) is 5.69 Å². The molecular formula is C12H13NO6. The van der Waals surface area contributed by atoms with E-state index < -0.39 is 18.0 Å². The van der Waals surface area contributed by atoms with Gasteiger partial charge < -0.3 is 25.0 Å². The van der Waals surface area contributed by atoms with Gasteiger partial charge in [0.1, 0.15) is 5.75 Å². The Hall–Kier alpha value is -2.12. The van der Waals surface area contributed by atoms with Crippen LogP contribution < -0.4 is 5.32 Å². The minimum atomic E-state index is -1.16. The Balaban J connectivity index is 2.06. The summed E-state index contributed by atoms with van der Waals surface area (Å²) < 4.78 is 10.3. The Morgan fingerprint density at radius 3 is 2.68 bits per heavy atom. The molecule has 0 aliphatic carbocycles. The zero-order chi connectivity index (χ0) is 13.8. The van der Waals surface area contributed by atoms with E-state index in [1.54, 1.807) is 0 Å². The van der Waals surface area contributed by atoms with Crippen LogP contribution in [0.2, 0.25) is 0 Å². The molecule has 1 saturated heterocycles. The first-order valence-electron chi connectivity index (χ1n) is 5.64. The van der Waals surface area contributed by atoms with Gasteiger partial charge in [-0.3, -0.25) is 4.79 Å². The average molecular weight is 267 g/mol. The number of ether oxygens (including phenoxy) is 2. The molecule has 0 bridgehead atoms. The second-order valence-corrected chi connectivity index (χ2v) is 3.96. The lowest BCUT2D eigenvalue weighted by molar-refractivity contribution is -0.142. The van der Waals surface area contributed by atoms with Gasteiger partial charge >= 0.3 is 5.97 Å². The fourth-order valence-electron chi connectivity index (χ4n) is 1.62. The molecule has 1 aliphatic heterocycles. The van der Waals surface area contributed by atoms with Crippen molar-refractivity contribution in [3.63, 3.8) is 0 Å². The Kier molecular flexibility index (Phi) is 3.98. The third-order valence-corrected chi connectivity index (χ3v) is 2.61. The van der Waals surface area contributed by atoms with Gasteiger partial charge in [-0.15, -0.1) is 0 Å². The van der Waals surface area contributed by atoms with Crippen LogP contribution in [-0.2, 0) is 14.3 Å². The smallest absolute Gasteiger partial charge is 0.335 e. The SMILES string of the molecule is O=C(O)c1ccc(NC(=O)C2COCCO2)c(O)c1. The summed E-state index contributed by atoms with van der Waals surface area (Å²) in [5.41, 5.74) is 0.0666. The van der Waals surface area contributed by atoms with E-state index in [-0.39, 0.29) is 23.6 Å². The second kappa shape index (κ2) is 5.68. The van der Waals surface area contributed by atoms with Crippen molar-refractivity contribution in [2.45, 2.75) is 6.10 Å². The van der Waals surface area contributed by atoms with E-state index in [2.05, 4.69) is 5.32 Å². The first kappa shape index (κ1) is 13.3. The van der Waals surface area contributed by atoms with E-state index in [9.17, 15) is 14.7 Å². The van der Waals surface area contributed by atoms with Crippen LogP contribution in [0.15, 0.2) is 18.2 Å². The molecule has 0 aromatic heterocycles. The van der Waals surface area contributed by atoms with Crippen LogP contribution in [-0.4, -0.2) is 48.0 Å². The number of aromatic carboxylic acids is 1. The molecule has 7 nitrogen and oxygen atoms in total. The van der Waals surface area contributed by atoms with Crippen molar-refractivity contribution in [1.29, 1.82) is 0 Å². The molecule has 1 unspecified atom stereocenters. The molecule has 1 heterocycles. The second-order valence-electron chi connectivity index (χ2n) is 3.96. The number of benzene rings is 1. The molecule has 3 N–H and O–H groups in total. The van der Waals surface area contributed by atoms with Gasteiger partial charge in [-0.1, -0.05) is 0 Å².